The quantitative estimate of drug-likeness (QED) is 0.0491. The molecule has 0 radical (unpaired) electrons. The molecule has 13 heteroatoms. The number of aliphatic hydroxyl groups excluding tert-OH is 2. The molecule has 4 heterocycles. The molecule has 5 aromatic rings. The molecule has 5 aromatic carbocycles. The third-order valence-corrected chi connectivity index (χ3v) is 19.9. The topological polar surface area (TPSA) is 181 Å². The van der Waals surface area contributed by atoms with Gasteiger partial charge in [0.25, 0.3) is 0 Å². The molecule has 4 saturated carbocycles. The third kappa shape index (κ3) is 9.76. The number of aryl methyl sites for hydroxylation is 1. The van der Waals surface area contributed by atoms with Crippen molar-refractivity contribution in [3.05, 3.63) is 101 Å². The summed E-state index contributed by atoms with van der Waals surface area (Å²) in [4.78, 5) is 0. The van der Waals surface area contributed by atoms with E-state index in [9.17, 15) is 25.5 Å². The number of hydrogen-bond donors (Lipinski definition) is 7. The average Bonchev–Trinajstić information content (AvgIpc) is 4.36. The number of fused-ring (bicyclic) bond motifs is 5. The minimum atomic E-state index is -1.07. The third-order valence-electron chi connectivity index (χ3n) is 19.9. The van der Waals surface area contributed by atoms with Gasteiger partial charge in [0.05, 0.1) is 54.2 Å². The van der Waals surface area contributed by atoms with Crippen molar-refractivity contribution in [3.8, 4) is 63.2 Å². The Morgan fingerprint density at radius 2 is 1.65 bits per heavy atom. The Morgan fingerprint density at radius 3 is 2.47 bits per heavy atom. The zero-order chi connectivity index (χ0) is 54.0. The molecule has 13 nitrogen and oxygen atoms in total. The number of phenolic OH excluding ortho intramolecular Hbond substituents is 3. The van der Waals surface area contributed by atoms with Gasteiger partial charge in [0, 0.05) is 72.4 Å². The normalized spacial score (nSPS) is 30.7. The molecule has 5 fully saturated rings. The predicted molar refractivity (Wildman–Crippen MR) is 301 cm³/mol. The first kappa shape index (κ1) is 52.6. The Balaban J connectivity index is 0.949. The van der Waals surface area contributed by atoms with Crippen LogP contribution in [0.25, 0.3) is 21.9 Å². The second-order valence-electron chi connectivity index (χ2n) is 24.7. The summed E-state index contributed by atoms with van der Waals surface area (Å²) < 4.78 is 41.8. The van der Waals surface area contributed by atoms with E-state index in [1.165, 1.54) is 32.1 Å². The standard InChI is InChI=1S/C66H78N2O11/c1-3-39-30-50(40-11-8-13-44(69)28-40)41(31-55(39)72)27-42-29-48(77-47-14-4-5-15-47)34-52-60(73)54(37-76-61(42)52)59-56(16-10-25-74-2)78-62-49-18-17-45(70)32-51(49)57-35-53(62)63(59)79-58-33-46(71)19-22-66(58)43(12-9-26-75-57)36-67-65(68-66)24-23-64(38-65)20-6-7-21-64/h8,11,13,17-18,28-32,34-35,43,46-47,54,56,58-60,63,67-73H,3-7,10,14-16,19-27,33,36-38H2,1-2H3/t43-,46-,54+,56-,58-,59+,60+,63-,65-,66+/m0/s1. The minimum absolute atomic E-state index is 0.0348. The molecular formula is C66H78N2O11. The summed E-state index contributed by atoms with van der Waals surface area (Å²) in [7, 11) is 1.71. The number of methoxy groups -OCH3 is 1. The largest absolute Gasteiger partial charge is 0.508 e. The van der Waals surface area contributed by atoms with E-state index in [1.807, 2.05) is 55.5 Å². The Labute approximate surface area is 464 Å². The zero-order valence-electron chi connectivity index (χ0n) is 45.9. The summed E-state index contributed by atoms with van der Waals surface area (Å²) in [5.74, 6) is 8.77. The summed E-state index contributed by atoms with van der Waals surface area (Å²) in [5, 5.41) is 68.4. The van der Waals surface area contributed by atoms with Crippen LogP contribution < -0.4 is 29.6 Å². The highest BCUT2D eigenvalue weighted by Crippen LogP contribution is 2.59. The number of ether oxygens (including phenoxy) is 6. The molecule has 7 N–H and O–H groups in total. The van der Waals surface area contributed by atoms with E-state index in [-0.39, 0.29) is 48.1 Å². The first-order valence-electron chi connectivity index (χ1n) is 29.7. The highest BCUT2D eigenvalue weighted by Gasteiger charge is 2.61. The van der Waals surface area contributed by atoms with Crippen molar-refractivity contribution in [3.63, 3.8) is 0 Å². The molecule has 3 spiro atoms. The zero-order valence-corrected chi connectivity index (χ0v) is 45.9. The van der Waals surface area contributed by atoms with Gasteiger partial charge in [0.15, 0.2) is 0 Å². The summed E-state index contributed by atoms with van der Waals surface area (Å²) in [6.45, 7) is 3.46. The van der Waals surface area contributed by atoms with E-state index >= 15 is 0 Å². The summed E-state index contributed by atoms with van der Waals surface area (Å²) in [5.41, 5.74) is 4.96. The van der Waals surface area contributed by atoms with E-state index < -0.39 is 47.9 Å². The molecular weight excluding hydrogens is 997 g/mol. The van der Waals surface area contributed by atoms with Crippen LogP contribution in [0.4, 0.5) is 0 Å². The van der Waals surface area contributed by atoms with Crippen LogP contribution in [0.15, 0.2) is 72.8 Å². The molecule has 4 aliphatic heterocycles. The van der Waals surface area contributed by atoms with Crippen molar-refractivity contribution in [2.45, 2.75) is 170 Å². The molecule has 0 unspecified atom stereocenters. The molecule has 418 valence electrons. The van der Waals surface area contributed by atoms with Gasteiger partial charge < -0.3 is 54.0 Å². The van der Waals surface area contributed by atoms with Gasteiger partial charge in [-0.3, -0.25) is 10.6 Å². The van der Waals surface area contributed by atoms with Gasteiger partial charge >= 0.3 is 0 Å². The molecule has 79 heavy (non-hydrogen) atoms. The lowest BCUT2D eigenvalue weighted by molar-refractivity contribution is -0.181. The molecule has 0 amide bonds. The van der Waals surface area contributed by atoms with Crippen LogP contribution in [0, 0.1) is 35.0 Å². The average molecular weight is 1080 g/mol. The molecule has 8 aliphatic rings. The maximum atomic E-state index is 13.5. The highest BCUT2D eigenvalue weighted by molar-refractivity contribution is 5.96. The lowest BCUT2D eigenvalue weighted by Crippen LogP contribution is -2.77. The van der Waals surface area contributed by atoms with Crippen LogP contribution in [0.1, 0.15) is 150 Å². The monoisotopic (exact) mass is 1070 g/mol. The van der Waals surface area contributed by atoms with Gasteiger partial charge in [-0.15, -0.1) is 0 Å². The Bertz CT molecular complexity index is 3160. The maximum absolute atomic E-state index is 13.5. The maximum Gasteiger partial charge on any atom is 0.149 e. The number of aliphatic hydroxyl groups is 2. The van der Waals surface area contributed by atoms with E-state index in [2.05, 4.69) is 22.5 Å². The van der Waals surface area contributed by atoms with Crippen molar-refractivity contribution in [2.24, 2.45) is 23.2 Å². The van der Waals surface area contributed by atoms with Gasteiger partial charge in [-0.05, 0) is 178 Å². The Hall–Kier alpha value is -5.72. The first-order valence-corrected chi connectivity index (χ1v) is 29.7. The van der Waals surface area contributed by atoms with Gasteiger partial charge in [0.1, 0.15) is 53.0 Å². The number of rotatable bonds is 11. The van der Waals surface area contributed by atoms with Crippen LogP contribution in [-0.4, -0.2) is 94.6 Å². The SMILES string of the molecule is CCc1cc(-c2cccc(O)c2)c(Cc2cc(OC3CCCC3)cc3c2OC[C@H]([C@@H]2[C@H](CCCOC)Oc4c5cc(c6cc(O)ccc46)OCC#C[C@H]4CN[C@@]6(CCC7(CCCC7)C6)N[C@]46CC[C@H](O)C[C@@H]6O[C@@H]52)[C@@H]3O)cc1O. The molecule has 0 aromatic heterocycles. The van der Waals surface area contributed by atoms with Crippen LogP contribution in [-0.2, 0) is 22.3 Å². The number of hydrogen-bond acceptors (Lipinski definition) is 13. The number of benzene rings is 5. The summed E-state index contributed by atoms with van der Waals surface area (Å²) in [6, 6.07) is 22.3. The van der Waals surface area contributed by atoms with Crippen LogP contribution >= 0.6 is 0 Å². The van der Waals surface area contributed by atoms with Crippen molar-refractivity contribution >= 4 is 10.8 Å². The molecule has 10 atom stereocenters. The molecule has 2 bridgehead atoms. The van der Waals surface area contributed by atoms with Crippen LogP contribution in [0.2, 0.25) is 0 Å². The van der Waals surface area contributed by atoms with Crippen LogP contribution in [0.5, 0.6) is 40.2 Å². The van der Waals surface area contributed by atoms with E-state index in [1.54, 1.807) is 31.4 Å². The van der Waals surface area contributed by atoms with Crippen molar-refractivity contribution in [2.75, 3.05) is 33.5 Å². The first-order chi connectivity index (χ1) is 38.4. The van der Waals surface area contributed by atoms with E-state index in [4.69, 9.17) is 28.4 Å². The number of aromatic hydroxyl groups is 3. The second-order valence-corrected chi connectivity index (χ2v) is 24.7. The van der Waals surface area contributed by atoms with Gasteiger partial charge in [0.2, 0.25) is 0 Å². The van der Waals surface area contributed by atoms with Gasteiger partial charge in [-0.1, -0.05) is 43.7 Å². The minimum Gasteiger partial charge on any atom is -0.508 e. The predicted octanol–water partition coefficient (Wildman–Crippen LogP) is 11.0. The van der Waals surface area contributed by atoms with E-state index in [0.29, 0.717) is 97.5 Å². The Kier molecular flexibility index (Phi) is 14.2. The fourth-order valence-electron chi connectivity index (χ4n) is 16.0. The fourth-order valence-corrected chi connectivity index (χ4v) is 16.0. The van der Waals surface area contributed by atoms with Gasteiger partial charge in [-0.25, -0.2) is 0 Å². The van der Waals surface area contributed by atoms with Crippen molar-refractivity contribution in [1.29, 1.82) is 0 Å². The van der Waals surface area contributed by atoms with Gasteiger partial charge in [-0.2, -0.15) is 0 Å². The lowest BCUT2D eigenvalue weighted by Gasteiger charge is -2.58. The molecule has 13 rings (SSSR count). The fraction of sp³-hybridized carbons (Fsp3) is 0.545. The molecule has 4 aliphatic carbocycles. The van der Waals surface area contributed by atoms with E-state index in [0.717, 1.165) is 77.3 Å². The van der Waals surface area contributed by atoms with Crippen molar-refractivity contribution in [1.82, 2.24) is 10.6 Å². The highest BCUT2D eigenvalue weighted by atomic mass is 16.5. The second kappa shape index (κ2) is 21.3. The molecule has 1 saturated heterocycles. The summed E-state index contributed by atoms with van der Waals surface area (Å²) in [6.07, 6.45) is 13.0. The smallest absolute Gasteiger partial charge is 0.149 e. The lowest BCUT2D eigenvalue weighted by atomic mass is 9.66. The van der Waals surface area contributed by atoms with Crippen molar-refractivity contribution < 1.29 is 54.0 Å². The number of phenols is 3. The Morgan fingerprint density at radius 1 is 0.797 bits per heavy atom. The summed E-state index contributed by atoms with van der Waals surface area (Å²) >= 11 is 0. The van der Waals surface area contributed by atoms with Crippen LogP contribution in [0.3, 0.4) is 0 Å². The number of nitrogens with one attached hydrogen (secondary N) is 2.